The molecule has 2 fully saturated rings. The van der Waals surface area contributed by atoms with Crippen LogP contribution >= 0.6 is 0 Å². The fourth-order valence-corrected chi connectivity index (χ4v) is 4.87. The molecule has 5 rings (SSSR count). The van der Waals surface area contributed by atoms with Gasteiger partial charge in [-0.25, -0.2) is 4.39 Å². The Labute approximate surface area is 189 Å². The van der Waals surface area contributed by atoms with Gasteiger partial charge in [0.15, 0.2) is 0 Å². The standard InChI is InChI=1S/C27H30FN3O/c28-25-19-21(10-11-26(25)31-14-2-1-3-15-31)24-9-5-8-23(27(24)32)20-6-4-7-22(18-20)30-16-12-29-13-17-30/h4-11,18-19,29,32H,1-3,12-17H2. The number of phenols is 1. The van der Waals surface area contributed by atoms with Gasteiger partial charge in [0, 0.05) is 56.1 Å². The first kappa shape index (κ1) is 20.8. The van der Waals surface area contributed by atoms with Crippen LogP contribution in [0.15, 0.2) is 60.7 Å². The molecule has 5 heteroatoms. The Kier molecular flexibility index (Phi) is 5.99. The van der Waals surface area contributed by atoms with Crippen molar-refractivity contribution in [3.05, 3.63) is 66.5 Å². The van der Waals surface area contributed by atoms with Crippen molar-refractivity contribution in [1.29, 1.82) is 0 Å². The smallest absolute Gasteiger partial charge is 0.147 e. The van der Waals surface area contributed by atoms with Crippen LogP contribution in [0.25, 0.3) is 22.3 Å². The maximum absolute atomic E-state index is 15.0. The summed E-state index contributed by atoms with van der Waals surface area (Å²) in [6.07, 6.45) is 3.43. The van der Waals surface area contributed by atoms with E-state index in [-0.39, 0.29) is 11.6 Å². The van der Waals surface area contributed by atoms with Crippen molar-refractivity contribution in [2.24, 2.45) is 0 Å². The number of para-hydroxylation sites is 1. The van der Waals surface area contributed by atoms with E-state index >= 15 is 4.39 Å². The highest BCUT2D eigenvalue weighted by molar-refractivity contribution is 5.83. The summed E-state index contributed by atoms with van der Waals surface area (Å²) in [5, 5.41) is 14.5. The number of nitrogens with zero attached hydrogens (tertiary/aromatic N) is 2. The Balaban J connectivity index is 1.46. The lowest BCUT2D eigenvalue weighted by molar-refractivity contribution is 0.479. The minimum absolute atomic E-state index is 0.190. The first-order chi connectivity index (χ1) is 15.7. The van der Waals surface area contributed by atoms with Crippen LogP contribution in [0.2, 0.25) is 0 Å². The number of benzene rings is 3. The van der Waals surface area contributed by atoms with Crippen molar-refractivity contribution >= 4 is 11.4 Å². The number of hydrogen-bond donors (Lipinski definition) is 2. The molecule has 32 heavy (non-hydrogen) atoms. The van der Waals surface area contributed by atoms with Gasteiger partial charge < -0.3 is 20.2 Å². The van der Waals surface area contributed by atoms with E-state index < -0.39 is 0 Å². The monoisotopic (exact) mass is 431 g/mol. The van der Waals surface area contributed by atoms with Crippen molar-refractivity contribution < 1.29 is 9.50 Å². The summed E-state index contributed by atoms with van der Waals surface area (Å²) in [6.45, 7) is 5.70. The van der Waals surface area contributed by atoms with Gasteiger partial charge >= 0.3 is 0 Å². The van der Waals surface area contributed by atoms with Crippen molar-refractivity contribution in [1.82, 2.24) is 5.32 Å². The summed E-state index contributed by atoms with van der Waals surface area (Å²) < 4.78 is 15.0. The van der Waals surface area contributed by atoms with Gasteiger partial charge in [-0.15, -0.1) is 0 Å². The van der Waals surface area contributed by atoms with Crippen molar-refractivity contribution in [3.8, 4) is 28.0 Å². The lowest BCUT2D eigenvalue weighted by atomic mass is 9.96. The number of piperidine rings is 1. The molecular formula is C27H30FN3O. The summed E-state index contributed by atoms with van der Waals surface area (Å²) in [7, 11) is 0. The molecule has 3 aromatic rings. The van der Waals surface area contributed by atoms with Crippen LogP contribution in [0.5, 0.6) is 5.75 Å². The minimum atomic E-state index is -0.227. The van der Waals surface area contributed by atoms with Crippen LogP contribution in [0.4, 0.5) is 15.8 Å². The van der Waals surface area contributed by atoms with E-state index in [1.807, 2.05) is 42.5 Å². The molecule has 0 unspecified atom stereocenters. The fraction of sp³-hybridized carbons (Fsp3) is 0.333. The highest BCUT2D eigenvalue weighted by atomic mass is 19.1. The summed E-state index contributed by atoms with van der Waals surface area (Å²) in [4.78, 5) is 4.48. The predicted molar refractivity (Wildman–Crippen MR) is 130 cm³/mol. The second-order valence-corrected chi connectivity index (χ2v) is 8.70. The van der Waals surface area contributed by atoms with E-state index in [9.17, 15) is 5.11 Å². The number of hydrogen-bond acceptors (Lipinski definition) is 4. The second kappa shape index (κ2) is 9.21. The number of halogens is 1. The molecule has 0 atom stereocenters. The average molecular weight is 432 g/mol. The number of phenolic OH excluding ortho intramolecular Hbond substituents is 1. The molecule has 2 aliphatic heterocycles. The van der Waals surface area contributed by atoms with Gasteiger partial charge in [0.2, 0.25) is 0 Å². The zero-order chi connectivity index (χ0) is 21.9. The summed E-state index contributed by atoms with van der Waals surface area (Å²) in [6, 6.07) is 19.3. The lowest BCUT2D eigenvalue weighted by Gasteiger charge is -2.29. The normalized spacial score (nSPS) is 16.9. The Bertz CT molecular complexity index is 1090. The quantitative estimate of drug-likeness (QED) is 0.591. The van der Waals surface area contributed by atoms with Gasteiger partial charge in [-0.3, -0.25) is 0 Å². The van der Waals surface area contributed by atoms with Gasteiger partial charge in [-0.05, 0) is 54.7 Å². The molecule has 0 saturated carbocycles. The van der Waals surface area contributed by atoms with Gasteiger partial charge in [0.1, 0.15) is 11.6 Å². The molecule has 0 amide bonds. The van der Waals surface area contributed by atoms with Crippen LogP contribution in [0.1, 0.15) is 19.3 Å². The number of anilines is 2. The van der Waals surface area contributed by atoms with Crippen molar-refractivity contribution in [3.63, 3.8) is 0 Å². The molecule has 0 aliphatic carbocycles. The minimum Gasteiger partial charge on any atom is -0.507 e. The molecule has 3 aromatic carbocycles. The topological polar surface area (TPSA) is 38.7 Å². The van der Waals surface area contributed by atoms with Crippen LogP contribution in [-0.2, 0) is 0 Å². The van der Waals surface area contributed by atoms with Crippen molar-refractivity contribution in [2.45, 2.75) is 19.3 Å². The SMILES string of the molecule is Oc1c(-c2cccc(N3CCNCC3)c2)cccc1-c1ccc(N2CCCCC2)c(F)c1. The van der Waals surface area contributed by atoms with Gasteiger partial charge in [0.05, 0.1) is 5.69 Å². The van der Waals surface area contributed by atoms with Gasteiger partial charge in [-0.2, -0.15) is 0 Å². The van der Waals surface area contributed by atoms with Gasteiger partial charge in [-0.1, -0.05) is 36.4 Å². The Morgan fingerprint density at radius 3 is 2.12 bits per heavy atom. The van der Waals surface area contributed by atoms with E-state index in [4.69, 9.17) is 0 Å². The fourth-order valence-electron chi connectivity index (χ4n) is 4.87. The molecule has 166 valence electrons. The molecule has 2 N–H and O–H groups in total. The summed E-state index contributed by atoms with van der Waals surface area (Å²) >= 11 is 0. The number of aromatic hydroxyl groups is 1. The molecule has 0 bridgehead atoms. The molecule has 2 heterocycles. The summed E-state index contributed by atoms with van der Waals surface area (Å²) in [5.74, 6) is -0.0370. The van der Waals surface area contributed by atoms with Crippen LogP contribution in [0.3, 0.4) is 0 Å². The lowest BCUT2D eigenvalue weighted by Crippen LogP contribution is -2.43. The van der Waals surface area contributed by atoms with E-state index in [2.05, 4.69) is 27.2 Å². The zero-order valence-electron chi connectivity index (χ0n) is 18.4. The predicted octanol–water partition coefficient (Wildman–Crippen LogP) is 5.27. The highest BCUT2D eigenvalue weighted by Crippen LogP contribution is 2.40. The van der Waals surface area contributed by atoms with Crippen LogP contribution in [0, 0.1) is 5.82 Å². The molecule has 2 aliphatic rings. The maximum Gasteiger partial charge on any atom is 0.147 e. The van der Waals surface area contributed by atoms with E-state index in [1.54, 1.807) is 6.07 Å². The molecule has 0 spiro atoms. The first-order valence-electron chi connectivity index (χ1n) is 11.6. The molecule has 0 aromatic heterocycles. The highest BCUT2D eigenvalue weighted by Gasteiger charge is 2.18. The van der Waals surface area contributed by atoms with E-state index in [0.717, 1.165) is 68.9 Å². The summed E-state index contributed by atoms with van der Waals surface area (Å²) in [5.41, 5.74) is 4.89. The first-order valence-corrected chi connectivity index (χ1v) is 11.6. The Hall–Kier alpha value is -3.05. The third kappa shape index (κ3) is 4.17. The zero-order valence-corrected chi connectivity index (χ0v) is 18.4. The number of rotatable bonds is 4. The third-order valence-electron chi connectivity index (χ3n) is 6.63. The molecule has 2 saturated heterocycles. The largest absolute Gasteiger partial charge is 0.507 e. The van der Waals surface area contributed by atoms with E-state index in [1.165, 1.54) is 6.42 Å². The third-order valence-corrected chi connectivity index (χ3v) is 6.63. The van der Waals surface area contributed by atoms with Crippen LogP contribution < -0.4 is 15.1 Å². The Morgan fingerprint density at radius 2 is 1.41 bits per heavy atom. The molecule has 4 nitrogen and oxygen atoms in total. The molecular weight excluding hydrogens is 401 g/mol. The Morgan fingerprint density at radius 1 is 0.719 bits per heavy atom. The maximum atomic E-state index is 15.0. The average Bonchev–Trinajstić information content (AvgIpc) is 2.85. The van der Waals surface area contributed by atoms with E-state index in [0.29, 0.717) is 16.8 Å². The van der Waals surface area contributed by atoms with Crippen LogP contribution in [-0.4, -0.2) is 44.4 Å². The van der Waals surface area contributed by atoms with Gasteiger partial charge in [0.25, 0.3) is 0 Å². The number of nitrogens with one attached hydrogen (secondary N) is 1. The molecule has 0 radical (unpaired) electrons. The second-order valence-electron chi connectivity index (χ2n) is 8.70. The van der Waals surface area contributed by atoms with Crippen molar-refractivity contribution in [2.75, 3.05) is 49.1 Å². The number of piperazine rings is 1.